The largest absolute Gasteiger partial charge is 0.465 e. The van der Waals surface area contributed by atoms with Crippen LogP contribution in [0.15, 0.2) is 22.9 Å². The molecule has 0 unspecified atom stereocenters. The minimum Gasteiger partial charge on any atom is -0.465 e. The summed E-state index contributed by atoms with van der Waals surface area (Å²) in [4.78, 5) is 21.1. The first kappa shape index (κ1) is 14.5. The fourth-order valence-corrected chi connectivity index (χ4v) is 3.24. The number of fused-ring (bicyclic) bond motifs is 1. The molecule has 1 aromatic heterocycles. The molecule has 0 atom stereocenters. The van der Waals surface area contributed by atoms with Gasteiger partial charge in [-0.2, -0.15) is 0 Å². The van der Waals surface area contributed by atoms with Gasteiger partial charge in [0.1, 0.15) is 6.33 Å². The number of amides is 1. The van der Waals surface area contributed by atoms with Crippen molar-refractivity contribution in [1.29, 1.82) is 0 Å². The number of carbonyl (C=O) groups is 1. The molecule has 1 saturated heterocycles. The first-order chi connectivity index (χ1) is 10.1. The number of hydrogen-bond acceptors (Lipinski definition) is 3. The number of piperidine rings is 1. The molecule has 1 amide bonds. The Morgan fingerprint density at radius 3 is 2.71 bits per heavy atom. The van der Waals surface area contributed by atoms with Gasteiger partial charge in [0.15, 0.2) is 0 Å². The minimum absolute atomic E-state index is 0.249. The molecule has 110 valence electrons. The lowest BCUT2D eigenvalue weighted by atomic mass is 9.91. The van der Waals surface area contributed by atoms with E-state index < -0.39 is 6.09 Å². The first-order valence-corrected chi connectivity index (χ1v) is 7.81. The second-order valence-corrected chi connectivity index (χ2v) is 6.35. The van der Waals surface area contributed by atoms with E-state index in [1.165, 1.54) is 4.90 Å². The lowest BCUT2D eigenvalue weighted by Gasteiger charge is -2.30. The van der Waals surface area contributed by atoms with E-state index in [4.69, 9.17) is 16.7 Å². The molecule has 21 heavy (non-hydrogen) atoms. The number of nitrogens with zero attached hydrogens (tertiary/aromatic N) is 3. The summed E-state index contributed by atoms with van der Waals surface area (Å²) in [6.07, 6.45) is 2.25. The van der Waals surface area contributed by atoms with Gasteiger partial charge in [-0.3, -0.25) is 0 Å². The summed E-state index contributed by atoms with van der Waals surface area (Å²) in [5.74, 6) is 0.249. The summed E-state index contributed by atoms with van der Waals surface area (Å²) in [6, 6.07) is 3.76. The molecule has 0 radical (unpaired) electrons. The maximum Gasteiger partial charge on any atom is 0.407 e. The van der Waals surface area contributed by atoms with E-state index in [1.54, 1.807) is 6.33 Å². The van der Waals surface area contributed by atoms with E-state index in [-0.39, 0.29) is 5.92 Å². The monoisotopic (exact) mass is 369 g/mol. The molecule has 0 aliphatic carbocycles. The molecule has 7 heteroatoms. The van der Waals surface area contributed by atoms with Crippen LogP contribution in [0.5, 0.6) is 0 Å². The summed E-state index contributed by atoms with van der Waals surface area (Å²) in [5, 5.41) is 10.6. The van der Waals surface area contributed by atoms with Crippen LogP contribution in [0, 0.1) is 0 Å². The van der Waals surface area contributed by atoms with Crippen LogP contribution in [-0.2, 0) is 0 Å². The van der Waals surface area contributed by atoms with Crippen molar-refractivity contribution in [3.8, 4) is 0 Å². The number of benzene rings is 1. The lowest BCUT2D eigenvalue weighted by molar-refractivity contribution is 0.132. The van der Waals surface area contributed by atoms with Crippen LogP contribution < -0.4 is 0 Å². The van der Waals surface area contributed by atoms with Gasteiger partial charge in [-0.15, -0.1) is 0 Å². The first-order valence-electron chi connectivity index (χ1n) is 6.64. The number of halogens is 2. The van der Waals surface area contributed by atoms with Crippen molar-refractivity contribution < 1.29 is 9.90 Å². The zero-order valence-electron chi connectivity index (χ0n) is 11.1. The number of hydrogen-bond donors (Lipinski definition) is 1. The summed E-state index contributed by atoms with van der Waals surface area (Å²) in [6.45, 7) is 1.08. The van der Waals surface area contributed by atoms with E-state index >= 15 is 0 Å². The highest BCUT2D eigenvalue weighted by Gasteiger charge is 2.25. The predicted molar refractivity (Wildman–Crippen MR) is 83.8 cm³/mol. The Morgan fingerprint density at radius 1 is 1.33 bits per heavy atom. The summed E-state index contributed by atoms with van der Waals surface area (Å²) in [5.41, 5.74) is 1.79. The smallest absolute Gasteiger partial charge is 0.407 e. The topological polar surface area (TPSA) is 66.3 Å². The quantitative estimate of drug-likeness (QED) is 0.826. The van der Waals surface area contributed by atoms with Gasteiger partial charge in [0.2, 0.25) is 0 Å². The Hall–Kier alpha value is -1.40. The van der Waals surface area contributed by atoms with E-state index in [1.807, 2.05) is 12.1 Å². The highest BCUT2D eigenvalue weighted by atomic mass is 79.9. The average molecular weight is 371 g/mol. The Morgan fingerprint density at radius 2 is 2.05 bits per heavy atom. The molecule has 1 N–H and O–H groups in total. The van der Waals surface area contributed by atoms with Crippen LogP contribution in [0.4, 0.5) is 4.79 Å². The molecule has 2 heterocycles. The highest BCUT2D eigenvalue weighted by molar-refractivity contribution is 9.10. The molecule has 0 spiro atoms. The van der Waals surface area contributed by atoms with Gasteiger partial charge in [-0.05, 0) is 40.9 Å². The molecule has 0 saturated carbocycles. The minimum atomic E-state index is -0.851. The summed E-state index contributed by atoms with van der Waals surface area (Å²) < 4.78 is 0.815. The fourth-order valence-electron chi connectivity index (χ4n) is 2.74. The van der Waals surface area contributed by atoms with Gasteiger partial charge in [0, 0.05) is 28.9 Å². The van der Waals surface area contributed by atoms with Crippen LogP contribution >= 0.6 is 27.5 Å². The predicted octanol–water partition coefficient (Wildman–Crippen LogP) is 3.90. The van der Waals surface area contributed by atoms with Crippen LogP contribution in [0.1, 0.15) is 24.5 Å². The molecule has 1 aliphatic heterocycles. The Bertz CT molecular complexity index is 702. The maximum atomic E-state index is 11.0. The van der Waals surface area contributed by atoms with Crippen molar-refractivity contribution in [2.45, 2.75) is 18.8 Å². The number of rotatable bonds is 1. The Balaban J connectivity index is 1.94. The number of carboxylic acid groups (broad SMARTS) is 1. The highest BCUT2D eigenvalue weighted by Crippen LogP contribution is 2.34. The van der Waals surface area contributed by atoms with Crippen LogP contribution in [0.2, 0.25) is 5.02 Å². The second-order valence-electron chi connectivity index (χ2n) is 5.09. The Labute approximate surface area is 135 Å². The van der Waals surface area contributed by atoms with Crippen molar-refractivity contribution in [2.75, 3.05) is 13.1 Å². The SMILES string of the molecule is O=C(O)N1CCC(c2ncnc3cc(Cl)c(Br)cc23)CC1. The van der Waals surface area contributed by atoms with E-state index in [0.717, 1.165) is 33.9 Å². The zero-order chi connectivity index (χ0) is 15.0. The average Bonchev–Trinajstić information content (AvgIpc) is 2.48. The molecule has 3 rings (SSSR count). The molecular formula is C14H13BrClN3O2. The third-order valence-electron chi connectivity index (χ3n) is 3.86. The van der Waals surface area contributed by atoms with Gasteiger partial charge in [-0.1, -0.05) is 11.6 Å². The lowest BCUT2D eigenvalue weighted by Crippen LogP contribution is -2.37. The van der Waals surface area contributed by atoms with E-state index in [0.29, 0.717) is 18.1 Å². The van der Waals surface area contributed by atoms with Crippen molar-refractivity contribution in [3.05, 3.63) is 33.6 Å². The van der Waals surface area contributed by atoms with Crippen LogP contribution in [0.25, 0.3) is 10.9 Å². The molecule has 1 fully saturated rings. The van der Waals surface area contributed by atoms with Gasteiger partial charge in [-0.25, -0.2) is 14.8 Å². The van der Waals surface area contributed by atoms with Crippen LogP contribution in [0.3, 0.4) is 0 Å². The normalized spacial score (nSPS) is 16.4. The van der Waals surface area contributed by atoms with Crippen LogP contribution in [-0.4, -0.2) is 39.2 Å². The molecule has 2 aromatic rings. The van der Waals surface area contributed by atoms with Crippen molar-refractivity contribution in [3.63, 3.8) is 0 Å². The van der Waals surface area contributed by atoms with E-state index in [9.17, 15) is 4.79 Å². The van der Waals surface area contributed by atoms with Crippen molar-refractivity contribution >= 4 is 44.5 Å². The number of aromatic nitrogens is 2. The molecular weight excluding hydrogens is 358 g/mol. The maximum absolute atomic E-state index is 11.0. The molecule has 1 aliphatic rings. The van der Waals surface area contributed by atoms with Crippen molar-refractivity contribution in [1.82, 2.24) is 14.9 Å². The molecule has 5 nitrogen and oxygen atoms in total. The van der Waals surface area contributed by atoms with Gasteiger partial charge in [0.05, 0.1) is 16.2 Å². The molecule has 0 bridgehead atoms. The standard InChI is InChI=1S/C14H13BrClN3O2/c15-10-5-9-12(6-11(10)16)17-7-18-13(9)8-1-3-19(4-2-8)14(20)21/h5-8H,1-4H2,(H,20,21). The zero-order valence-corrected chi connectivity index (χ0v) is 13.4. The molecule has 1 aromatic carbocycles. The van der Waals surface area contributed by atoms with Gasteiger partial charge in [0.25, 0.3) is 0 Å². The second kappa shape index (κ2) is 5.77. The third kappa shape index (κ3) is 2.82. The van der Waals surface area contributed by atoms with E-state index in [2.05, 4.69) is 25.9 Å². The third-order valence-corrected chi connectivity index (χ3v) is 5.06. The van der Waals surface area contributed by atoms with Crippen molar-refractivity contribution in [2.24, 2.45) is 0 Å². The summed E-state index contributed by atoms with van der Waals surface area (Å²) >= 11 is 9.53. The van der Waals surface area contributed by atoms with Gasteiger partial charge >= 0.3 is 6.09 Å². The summed E-state index contributed by atoms with van der Waals surface area (Å²) in [7, 11) is 0. The fraction of sp³-hybridized carbons (Fsp3) is 0.357. The van der Waals surface area contributed by atoms with Gasteiger partial charge < -0.3 is 10.0 Å². The number of likely N-dealkylation sites (tertiary alicyclic amines) is 1. The Kier molecular flexibility index (Phi) is 3.99.